The first-order valence-corrected chi connectivity index (χ1v) is 6.02. The lowest BCUT2D eigenvalue weighted by Crippen LogP contribution is -1.89. The minimum Gasteiger partial charge on any atom is -0.496 e. The topological polar surface area (TPSA) is 44.8 Å². The minimum atomic E-state index is 0.602. The molecule has 0 atom stereocenters. The van der Waals surface area contributed by atoms with Crippen LogP contribution in [0, 0.1) is 0 Å². The van der Waals surface area contributed by atoms with Crippen LogP contribution in [0.15, 0.2) is 30.3 Å². The number of hydrogen-bond acceptors (Lipinski definition) is 5. The molecule has 0 unspecified atom stereocenters. The molecule has 1 aromatic heterocycles. The van der Waals surface area contributed by atoms with Gasteiger partial charge in [0.05, 0.1) is 19.1 Å². The molecule has 0 aliphatic rings. The molecule has 0 spiro atoms. The van der Waals surface area contributed by atoms with E-state index in [4.69, 9.17) is 14.2 Å². The SMILES string of the molecule is COc1cc(OC)cc(Oc2ccc(C=O)s2)c1. The molecular formula is C13H12O4S. The molecule has 4 nitrogen and oxygen atoms in total. The molecular weight excluding hydrogens is 252 g/mol. The molecule has 0 saturated heterocycles. The van der Waals surface area contributed by atoms with Crippen molar-refractivity contribution < 1.29 is 19.0 Å². The molecule has 2 rings (SSSR count). The van der Waals surface area contributed by atoms with E-state index < -0.39 is 0 Å². The van der Waals surface area contributed by atoms with Crippen LogP contribution in [0.2, 0.25) is 0 Å². The van der Waals surface area contributed by atoms with E-state index in [-0.39, 0.29) is 0 Å². The minimum absolute atomic E-state index is 0.602. The highest BCUT2D eigenvalue weighted by Gasteiger charge is 2.06. The lowest BCUT2D eigenvalue weighted by Gasteiger charge is -2.08. The van der Waals surface area contributed by atoms with Crippen LogP contribution in [0.4, 0.5) is 0 Å². The molecule has 0 saturated carbocycles. The smallest absolute Gasteiger partial charge is 0.181 e. The molecule has 1 heterocycles. The molecule has 0 radical (unpaired) electrons. The third kappa shape index (κ3) is 2.81. The molecule has 0 aliphatic carbocycles. The predicted octanol–water partition coefficient (Wildman–Crippen LogP) is 3.37. The van der Waals surface area contributed by atoms with E-state index in [1.807, 2.05) is 0 Å². The Balaban J connectivity index is 2.24. The van der Waals surface area contributed by atoms with Gasteiger partial charge >= 0.3 is 0 Å². The van der Waals surface area contributed by atoms with Gasteiger partial charge in [-0.3, -0.25) is 4.79 Å². The van der Waals surface area contributed by atoms with Gasteiger partial charge in [0.1, 0.15) is 17.2 Å². The third-order valence-corrected chi connectivity index (χ3v) is 3.15. The average Bonchev–Trinajstić information content (AvgIpc) is 2.85. The standard InChI is InChI=1S/C13H12O4S/c1-15-9-5-10(16-2)7-11(6-9)17-13-4-3-12(8-14)18-13/h3-8H,1-2H3. The van der Waals surface area contributed by atoms with Crippen LogP contribution in [-0.2, 0) is 0 Å². The molecule has 18 heavy (non-hydrogen) atoms. The molecule has 0 aliphatic heterocycles. The fourth-order valence-corrected chi connectivity index (χ4v) is 2.10. The van der Waals surface area contributed by atoms with Crippen molar-refractivity contribution in [3.05, 3.63) is 35.2 Å². The van der Waals surface area contributed by atoms with Gasteiger partial charge < -0.3 is 14.2 Å². The van der Waals surface area contributed by atoms with Gasteiger partial charge in [0, 0.05) is 18.2 Å². The molecule has 0 amide bonds. The molecule has 94 valence electrons. The lowest BCUT2D eigenvalue weighted by atomic mass is 10.3. The second-order valence-corrected chi connectivity index (χ2v) is 4.50. The number of hydrogen-bond donors (Lipinski definition) is 0. The van der Waals surface area contributed by atoms with Crippen LogP contribution in [-0.4, -0.2) is 20.5 Å². The average molecular weight is 264 g/mol. The largest absolute Gasteiger partial charge is 0.496 e. The Morgan fingerprint density at radius 3 is 2.11 bits per heavy atom. The Morgan fingerprint density at radius 1 is 1.00 bits per heavy atom. The van der Waals surface area contributed by atoms with Crippen LogP contribution >= 0.6 is 11.3 Å². The maximum absolute atomic E-state index is 10.6. The number of rotatable bonds is 5. The summed E-state index contributed by atoms with van der Waals surface area (Å²) in [5, 5.41) is 0.646. The zero-order valence-corrected chi connectivity index (χ0v) is 10.8. The number of benzene rings is 1. The number of thiophene rings is 1. The van der Waals surface area contributed by atoms with Crippen LogP contribution in [0.25, 0.3) is 0 Å². The van der Waals surface area contributed by atoms with Gasteiger partial charge in [0.15, 0.2) is 11.3 Å². The van der Waals surface area contributed by atoms with Crippen LogP contribution in [0.5, 0.6) is 22.3 Å². The fraction of sp³-hybridized carbons (Fsp3) is 0.154. The van der Waals surface area contributed by atoms with E-state index in [0.29, 0.717) is 27.2 Å². The molecule has 2 aromatic rings. The van der Waals surface area contributed by atoms with Gasteiger partial charge in [-0.1, -0.05) is 11.3 Å². The molecule has 0 fully saturated rings. The van der Waals surface area contributed by atoms with Gasteiger partial charge in [-0.25, -0.2) is 0 Å². The third-order valence-electron chi connectivity index (χ3n) is 2.26. The van der Waals surface area contributed by atoms with Crippen molar-refractivity contribution in [2.24, 2.45) is 0 Å². The van der Waals surface area contributed by atoms with E-state index in [9.17, 15) is 4.79 Å². The van der Waals surface area contributed by atoms with E-state index in [0.717, 1.165) is 6.29 Å². The molecule has 0 N–H and O–H groups in total. The first kappa shape index (κ1) is 12.4. The molecule has 0 bridgehead atoms. The summed E-state index contributed by atoms with van der Waals surface area (Å²) in [5.74, 6) is 1.90. The van der Waals surface area contributed by atoms with Crippen molar-refractivity contribution in [2.45, 2.75) is 0 Å². The summed E-state index contributed by atoms with van der Waals surface area (Å²) in [4.78, 5) is 11.2. The maximum Gasteiger partial charge on any atom is 0.181 e. The monoisotopic (exact) mass is 264 g/mol. The van der Waals surface area contributed by atoms with E-state index in [1.165, 1.54) is 11.3 Å². The first-order valence-electron chi connectivity index (χ1n) is 5.21. The predicted molar refractivity (Wildman–Crippen MR) is 69.3 cm³/mol. The first-order chi connectivity index (χ1) is 8.75. The zero-order chi connectivity index (χ0) is 13.0. The number of methoxy groups -OCH3 is 2. The van der Waals surface area contributed by atoms with Gasteiger partial charge in [-0.15, -0.1) is 0 Å². The van der Waals surface area contributed by atoms with Crippen molar-refractivity contribution in [2.75, 3.05) is 14.2 Å². The van der Waals surface area contributed by atoms with Crippen molar-refractivity contribution in [3.63, 3.8) is 0 Å². The summed E-state index contributed by atoms with van der Waals surface area (Å²) >= 11 is 1.28. The Morgan fingerprint density at radius 2 is 1.61 bits per heavy atom. The van der Waals surface area contributed by atoms with Crippen molar-refractivity contribution >= 4 is 17.6 Å². The summed E-state index contributed by atoms with van der Waals surface area (Å²) in [5.41, 5.74) is 0. The van der Waals surface area contributed by atoms with Crippen LogP contribution in [0.1, 0.15) is 9.67 Å². The number of ether oxygens (including phenoxy) is 3. The van der Waals surface area contributed by atoms with Crippen molar-refractivity contribution in [3.8, 4) is 22.3 Å². The quantitative estimate of drug-likeness (QED) is 0.777. The van der Waals surface area contributed by atoms with E-state index in [1.54, 1.807) is 44.6 Å². The second kappa shape index (κ2) is 5.55. The van der Waals surface area contributed by atoms with Gasteiger partial charge in [-0.2, -0.15) is 0 Å². The van der Waals surface area contributed by atoms with Gasteiger partial charge in [-0.05, 0) is 12.1 Å². The van der Waals surface area contributed by atoms with Crippen LogP contribution in [0.3, 0.4) is 0 Å². The number of carbonyl (C=O) groups excluding carboxylic acids is 1. The maximum atomic E-state index is 10.6. The normalized spacial score (nSPS) is 9.89. The fourth-order valence-electron chi connectivity index (χ4n) is 1.41. The summed E-state index contributed by atoms with van der Waals surface area (Å²) in [6, 6.07) is 8.73. The highest BCUT2D eigenvalue weighted by Crippen LogP contribution is 2.33. The Kier molecular flexibility index (Phi) is 3.84. The Bertz CT molecular complexity index is 525. The summed E-state index contributed by atoms with van der Waals surface area (Å²) in [6.07, 6.45) is 0.795. The second-order valence-electron chi connectivity index (χ2n) is 3.43. The van der Waals surface area contributed by atoms with Crippen molar-refractivity contribution in [1.29, 1.82) is 0 Å². The summed E-state index contributed by atoms with van der Waals surface area (Å²) in [7, 11) is 3.16. The van der Waals surface area contributed by atoms with Crippen LogP contribution < -0.4 is 14.2 Å². The van der Waals surface area contributed by atoms with E-state index in [2.05, 4.69) is 0 Å². The Hall–Kier alpha value is -2.01. The Labute approximate surface area is 109 Å². The van der Waals surface area contributed by atoms with E-state index >= 15 is 0 Å². The van der Waals surface area contributed by atoms with Gasteiger partial charge in [0.2, 0.25) is 0 Å². The van der Waals surface area contributed by atoms with Crippen molar-refractivity contribution in [1.82, 2.24) is 0 Å². The molecule has 1 aromatic carbocycles. The lowest BCUT2D eigenvalue weighted by molar-refractivity contribution is 0.112. The summed E-state index contributed by atoms with van der Waals surface area (Å²) < 4.78 is 15.9. The highest BCUT2D eigenvalue weighted by molar-refractivity contribution is 7.15. The summed E-state index contributed by atoms with van der Waals surface area (Å²) in [6.45, 7) is 0. The van der Waals surface area contributed by atoms with Gasteiger partial charge in [0.25, 0.3) is 0 Å². The zero-order valence-electron chi connectivity index (χ0n) is 10.0. The number of carbonyl (C=O) groups is 1. The number of aldehydes is 1. The highest BCUT2D eigenvalue weighted by atomic mass is 32.1. The molecule has 5 heteroatoms.